The van der Waals surface area contributed by atoms with Crippen LogP contribution in [0.25, 0.3) is 21.9 Å². The highest BCUT2D eigenvalue weighted by molar-refractivity contribution is 7.88. The second-order valence-corrected chi connectivity index (χ2v) is 9.54. The molecule has 0 radical (unpaired) electrons. The van der Waals surface area contributed by atoms with Crippen LogP contribution in [0.2, 0.25) is 0 Å². The van der Waals surface area contributed by atoms with Crippen molar-refractivity contribution in [1.29, 1.82) is 0 Å². The fourth-order valence-electron chi connectivity index (χ4n) is 2.91. The Hall–Kier alpha value is -3.20. The predicted octanol–water partition coefficient (Wildman–Crippen LogP) is 4.97. The number of methoxy groups -OCH3 is 1. The highest BCUT2D eigenvalue weighted by atomic mass is 32.2. The smallest absolute Gasteiger partial charge is 0.496 e. The molecule has 0 unspecified atom stereocenters. The number of fused-ring (bicyclic) bond motifs is 1. The predicted molar refractivity (Wildman–Crippen MR) is 107 cm³/mol. The molecule has 15 heteroatoms. The molecule has 0 atom stereocenters. The van der Waals surface area contributed by atoms with E-state index < -0.39 is 48.3 Å². The molecule has 0 aliphatic carbocycles. The molecule has 7 nitrogen and oxygen atoms in total. The fraction of sp³-hybridized carbons (Fsp3) is 0.158. The lowest BCUT2D eigenvalue weighted by Gasteiger charge is -2.20. The van der Waals surface area contributed by atoms with Gasteiger partial charge in [0.1, 0.15) is 5.75 Å². The standard InChI is InChI=1S/C19H12F6O7S2/c1-30-13-10-9-11-5-2-3-6-12(11)16(13)17-14(31-33(26,27)18(20,21)22)7-4-8-15(17)32-34(28,29)19(23,24)25/h2-10H,1H3. The third kappa shape index (κ3) is 4.70. The second-order valence-electron chi connectivity index (χ2n) is 6.46. The van der Waals surface area contributed by atoms with Crippen LogP contribution in [0.3, 0.4) is 0 Å². The van der Waals surface area contributed by atoms with Crippen molar-refractivity contribution in [3.63, 3.8) is 0 Å². The number of hydrogen-bond acceptors (Lipinski definition) is 7. The maximum absolute atomic E-state index is 13.0. The van der Waals surface area contributed by atoms with Crippen molar-refractivity contribution < 1.29 is 56.3 Å². The molecule has 184 valence electrons. The minimum Gasteiger partial charge on any atom is -0.496 e. The summed E-state index contributed by atoms with van der Waals surface area (Å²) in [5.74, 6) is -2.46. The Kier molecular flexibility index (Phi) is 6.39. The molecule has 0 aliphatic rings. The summed E-state index contributed by atoms with van der Waals surface area (Å²) in [4.78, 5) is 0. The summed E-state index contributed by atoms with van der Waals surface area (Å²) < 4.78 is 138. The van der Waals surface area contributed by atoms with E-state index in [9.17, 15) is 43.2 Å². The van der Waals surface area contributed by atoms with Crippen LogP contribution < -0.4 is 13.1 Å². The van der Waals surface area contributed by atoms with Gasteiger partial charge < -0.3 is 13.1 Å². The maximum Gasteiger partial charge on any atom is 0.534 e. The summed E-state index contributed by atoms with van der Waals surface area (Å²) >= 11 is 0. The Labute approximate surface area is 188 Å². The Morgan fingerprint density at radius 2 is 1.12 bits per heavy atom. The molecule has 34 heavy (non-hydrogen) atoms. The summed E-state index contributed by atoms with van der Waals surface area (Å²) in [7, 11) is -11.5. The van der Waals surface area contributed by atoms with Crippen LogP contribution in [0.5, 0.6) is 17.2 Å². The molecule has 0 bridgehead atoms. The van der Waals surface area contributed by atoms with Gasteiger partial charge in [-0.3, -0.25) is 0 Å². The molecule has 0 fully saturated rings. The number of alkyl halides is 6. The van der Waals surface area contributed by atoms with Crippen molar-refractivity contribution >= 4 is 31.0 Å². The van der Waals surface area contributed by atoms with Crippen LogP contribution in [-0.2, 0) is 20.2 Å². The van der Waals surface area contributed by atoms with Gasteiger partial charge in [-0.05, 0) is 29.0 Å². The van der Waals surface area contributed by atoms with Crippen LogP contribution in [0.15, 0.2) is 54.6 Å². The van der Waals surface area contributed by atoms with Gasteiger partial charge in [0.25, 0.3) is 0 Å². The Morgan fingerprint density at radius 1 is 0.618 bits per heavy atom. The summed E-state index contributed by atoms with van der Waals surface area (Å²) in [6, 6.07) is 10.9. The van der Waals surface area contributed by atoms with E-state index in [1.165, 1.54) is 30.3 Å². The molecule has 0 aliphatic heterocycles. The van der Waals surface area contributed by atoms with Crippen molar-refractivity contribution in [2.45, 2.75) is 11.0 Å². The van der Waals surface area contributed by atoms with Gasteiger partial charge in [-0.15, -0.1) is 0 Å². The van der Waals surface area contributed by atoms with E-state index in [0.717, 1.165) is 13.2 Å². The van der Waals surface area contributed by atoms with Crippen LogP contribution in [-0.4, -0.2) is 35.0 Å². The zero-order valence-electron chi connectivity index (χ0n) is 16.6. The van der Waals surface area contributed by atoms with E-state index >= 15 is 0 Å². The molecule has 0 heterocycles. The molecular formula is C19H12F6O7S2. The minimum atomic E-state index is -6.31. The van der Waals surface area contributed by atoms with Crippen molar-refractivity contribution in [2.75, 3.05) is 7.11 Å². The first kappa shape index (κ1) is 25.4. The monoisotopic (exact) mass is 530 g/mol. The highest BCUT2D eigenvalue weighted by Gasteiger charge is 2.50. The van der Waals surface area contributed by atoms with Gasteiger partial charge in [0.15, 0.2) is 11.5 Å². The van der Waals surface area contributed by atoms with E-state index in [4.69, 9.17) is 4.74 Å². The van der Waals surface area contributed by atoms with Crippen molar-refractivity contribution in [1.82, 2.24) is 0 Å². The molecule has 0 spiro atoms. The number of benzene rings is 3. The normalized spacial score (nSPS) is 13.0. The molecule has 0 saturated carbocycles. The number of halogens is 6. The first-order valence-electron chi connectivity index (χ1n) is 8.79. The molecular weight excluding hydrogens is 518 g/mol. The van der Waals surface area contributed by atoms with Crippen molar-refractivity contribution in [3.8, 4) is 28.4 Å². The molecule has 3 aromatic rings. The van der Waals surface area contributed by atoms with Gasteiger partial charge >= 0.3 is 31.3 Å². The summed E-state index contributed by atoms with van der Waals surface area (Å²) in [5.41, 5.74) is -12.9. The largest absolute Gasteiger partial charge is 0.534 e. The van der Waals surface area contributed by atoms with E-state index in [1.807, 2.05) is 0 Å². The average molecular weight is 530 g/mol. The highest BCUT2D eigenvalue weighted by Crippen LogP contribution is 2.48. The van der Waals surface area contributed by atoms with E-state index in [0.29, 0.717) is 17.5 Å². The summed E-state index contributed by atoms with van der Waals surface area (Å²) in [6.07, 6.45) is 0. The lowest BCUT2D eigenvalue weighted by atomic mass is 9.96. The van der Waals surface area contributed by atoms with Gasteiger partial charge in [0.2, 0.25) is 0 Å². The van der Waals surface area contributed by atoms with Crippen molar-refractivity contribution in [3.05, 3.63) is 54.6 Å². The van der Waals surface area contributed by atoms with E-state index in [2.05, 4.69) is 8.37 Å². The zero-order valence-corrected chi connectivity index (χ0v) is 18.3. The average Bonchev–Trinajstić information content (AvgIpc) is 2.71. The molecule has 0 N–H and O–H groups in total. The van der Waals surface area contributed by atoms with Gasteiger partial charge in [-0.2, -0.15) is 43.2 Å². The topological polar surface area (TPSA) is 96.0 Å². The van der Waals surface area contributed by atoms with Crippen LogP contribution >= 0.6 is 0 Å². The third-order valence-electron chi connectivity index (χ3n) is 4.31. The van der Waals surface area contributed by atoms with E-state index in [1.54, 1.807) is 6.07 Å². The quantitative estimate of drug-likeness (QED) is 0.252. The summed E-state index contributed by atoms with van der Waals surface area (Å²) in [5, 5.41) is 0.549. The third-order valence-corrected chi connectivity index (χ3v) is 6.25. The lowest BCUT2D eigenvalue weighted by Crippen LogP contribution is -2.29. The van der Waals surface area contributed by atoms with Gasteiger partial charge in [-0.25, -0.2) is 0 Å². The molecule has 3 rings (SSSR count). The van der Waals surface area contributed by atoms with Crippen LogP contribution in [0.1, 0.15) is 0 Å². The lowest BCUT2D eigenvalue weighted by molar-refractivity contribution is -0.0502. The minimum absolute atomic E-state index is 0.150. The summed E-state index contributed by atoms with van der Waals surface area (Å²) in [6.45, 7) is 0. The van der Waals surface area contributed by atoms with Crippen LogP contribution in [0.4, 0.5) is 26.3 Å². The fourth-order valence-corrected chi connectivity index (χ4v) is 3.85. The number of hydrogen-bond donors (Lipinski definition) is 0. The maximum atomic E-state index is 13.0. The molecule has 0 saturated heterocycles. The second kappa shape index (κ2) is 8.54. The van der Waals surface area contributed by atoms with E-state index in [-0.39, 0.29) is 16.7 Å². The molecule has 0 amide bonds. The number of rotatable bonds is 6. The Morgan fingerprint density at radius 3 is 1.59 bits per heavy atom. The SMILES string of the molecule is COc1ccc2ccccc2c1-c1c(OS(=O)(=O)C(F)(F)F)cccc1OS(=O)(=O)C(F)(F)F. The van der Waals surface area contributed by atoms with Gasteiger partial charge in [0.05, 0.1) is 12.7 Å². The first-order valence-corrected chi connectivity index (χ1v) is 11.6. The van der Waals surface area contributed by atoms with Gasteiger partial charge in [0, 0.05) is 5.56 Å². The molecule has 3 aromatic carbocycles. The zero-order chi connectivity index (χ0) is 25.5. The van der Waals surface area contributed by atoms with Crippen LogP contribution in [0, 0.1) is 0 Å². The molecule has 0 aromatic heterocycles. The Bertz CT molecular complexity index is 1380. The van der Waals surface area contributed by atoms with Gasteiger partial charge in [-0.1, -0.05) is 36.4 Å². The van der Waals surface area contributed by atoms with Crippen molar-refractivity contribution in [2.24, 2.45) is 0 Å². The first-order chi connectivity index (χ1) is 15.6. The number of ether oxygens (including phenoxy) is 1. The Balaban J connectivity index is 2.42.